The number of carbonyl (C=O) groups is 1. The number of aromatic nitrogens is 1. The Morgan fingerprint density at radius 2 is 2.08 bits per heavy atom. The lowest BCUT2D eigenvalue weighted by molar-refractivity contribution is 0.0651. The fourth-order valence-electron chi connectivity index (χ4n) is 3.90. The number of piperidine rings is 1. The summed E-state index contributed by atoms with van der Waals surface area (Å²) in [4.78, 5) is 18.7. The van der Waals surface area contributed by atoms with Gasteiger partial charge >= 0.3 is 0 Å². The standard InChI is InChI=1S/C19H20F2N4O/c1-11-6-12(9-22-8-11)19(26)25-5-4-17-15(10-25)18(24-23-17)14-3-2-13(20)7-16(14)21/h2-3,6-9,15,17-18,23-24H,4-5,10H2,1H3. The number of pyridine rings is 1. The Kier molecular flexibility index (Phi) is 4.42. The van der Waals surface area contributed by atoms with Crippen LogP contribution in [0.25, 0.3) is 0 Å². The fourth-order valence-corrected chi connectivity index (χ4v) is 3.90. The molecule has 3 unspecified atom stereocenters. The maximum Gasteiger partial charge on any atom is 0.255 e. The topological polar surface area (TPSA) is 57.3 Å². The van der Waals surface area contributed by atoms with Crippen LogP contribution in [0.15, 0.2) is 36.7 Å². The van der Waals surface area contributed by atoms with Crippen LogP contribution in [-0.4, -0.2) is 34.9 Å². The van der Waals surface area contributed by atoms with E-state index in [1.165, 1.54) is 12.1 Å². The van der Waals surface area contributed by atoms with Crippen LogP contribution in [0.1, 0.15) is 33.9 Å². The van der Waals surface area contributed by atoms with Crippen LogP contribution in [0, 0.1) is 24.5 Å². The van der Waals surface area contributed by atoms with Crippen molar-refractivity contribution >= 4 is 5.91 Å². The van der Waals surface area contributed by atoms with Crippen molar-refractivity contribution in [1.29, 1.82) is 0 Å². The summed E-state index contributed by atoms with van der Waals surface area (Å²) in [6.07, 6.45) is 4.05. The maximum absolute atomic E-state index is 14.2. The van der Waals surface area contributed by atoms with Crippen molar-refractivity contribution in [1.82, 2.24) is 20.7 Å². The molecule has 0 bridgehead atoms. The number of nitrogens with one attached hydrogen (secondary N) is 2. The number of halogens is 2. The van der Waals surface area contributed by atoms with E-state index >= 15 is 0 Å². The molecule has 4 rings (SSSR count). The summed E-state index contributed by atoms with van der Waals surface area (Å²) in [5.74, 6) is -1.23. The van der Waals surface area contributed by atoms with Crippen LogP contribution in [0.3, 0.4) is 0 Å². The van der Waals surface area contributed by atoms with Crippen LogP contribution in [0.2, 0.25) is 0 Å². The van der Waals surface area contributed by atoms with Crippen LogP contribution in [-0.2, 0) is 0 Å². The molecule has 7 heteroatoms. The molecule has 2 aliphatic rings. The molecule has 3 heterocycles. The van der Waals surface area contributed by atoms with Crippen molar-refractivity contribution in [2.75, 3.05) is 13.1 Å². The van der Waals surface area contributed by atoms with E-state index in [1.807, 2.05) is 13.0 Å². The van der Waals surface area contributed by atoms with Gasteiger partial charge in [0.2, 0.25) is 0 Å². The van der Waals surface area contributed by atoms with Gasteiger partial charge in [-0.3, -0.25) is 15.2 Å². The first-order valence-corrected chi connectivity index (χ1v) is 8.70. The Labute approximate surface area is 150 Å². The third-order valence-corrected chi connectivity index (χ3v) is 5.22. The first kappa shape index (κ1) is 17.1. The number of nitrogens with zero attached hydrogens (tertiary/aromatic N) is 2. The quantitative estimate of drug-likeness (QED) is 0.865. The number of benzene rings is 1. The third-order valence-electron chi connectivity index (χ3n) is 5.22. The van der Waals surface area contributed by atoms with Crippen molar-refractivity contribution in [2.24, 2.45) is 5.92 Å². The summed E-state index contributed by atoms with van der Waals surface area (Å²) >= 11 is 0. The highest BCUT2D eigenvalue weighted by Crippen LogP contribution is 2.35. The zero-order valence-corrected chi connectivity index (χ0v) is 14.4. The molecule has 2 saturated heterocycles. The van der Waals surface area contributed by atoms with E-state index in [-0.39, 0.29) is 23.9 Å². The molecular weight excluding hydrogens is 338 g/mol. The van der Waals surface area contributed by atoms with E-state index in [2.05, 4.69) is 15.8 Å². The number of likely N-dealkylation sites (tertiary alicyclic amines) is 1. The van der Waals surface area contributed by atoms with Gasteiger partial charge in [-0.1, -0.05) is 6.07 Å². The second-order valence-corrected chi connectivity index (χ2v) is 6.99. The summed E-state index contributed by atoms with van der Waals surface area (Å²) in [5, 5.41) is 0. The monoisotopic (exact) mass is 358 g/mol. The molecule has 0 aliphatic carbocycles. The van der Waals surface area contributed by atoms with Crippen LogP contribution in [0.4, 0.5) is 8.78 Å². The lowest BCUT2D eigenvalue weighted by Crippen LogP contribution is -2.47. The van der Waals surface area contributed by atoms with Gasteiger partial charge in [0.25, 0.3) is 5.91 Å². The molecule has 2 aromatic rings. The summed E-state index contributed by atoms with van der Waals surface area (Å²) < 4.78 is 27.5. The van der Waals surface area contributed by atoms with E-state index < -0.39 is 11.6 Å². The molecule has 3 atom stereocenters. The fraction of sp³-hybridized carbons (Fsp3) is 0.368. The SMILES string of the molecule is Cc1cncc(C(=O)N2CCC3NNC(c4ccc(F)cc4F)C3C2)c1. The van der Waals surface area contributed by atoms with Gasteiger partial charge in [0, 0.05) is 49.1 Å². The van der Waals surface area contributed by atoms with Gasteiger partial charge in [0.15, 0.2) is 0 Å². The Morgan fingerprint density at radius 3 is 2.85 bits per heavy atom. The number of hydrogen-bond acceptors (Lipinski definition) is 4. The molecule has 2 fully saturated rings. The average molecular weight is 358 g/mol. The first-order chi connectivity index (χ1) is 12.5. The molecule has 136 valence electrons. The van der Waals surface area contributed by atoms with Crippen LogP contribution in [0.5, 0.6) is 0 Å². The molecule has 0 saturated carbocycles. The number of hydrogen-bond donors (Lipinski definition) is 2. The van der Waals surface area contributed by atoms with Gasteiger partial charge in [-0.05, 0) is 31.0 Å². The molecule has 1 aromatic carbocycles. The molecule has 1 aromatic heterocycles. The largest absolute Gasteiger partial charge is 0.338 e. The maximum atomic E-state index is 14.2. The molecule has 0 radical (unpaired) electrons. The van der Waals surface area contributed by atoms with E-state index in [9.17, 15) is 13.6 Å². The highest BCUT2D eigenvalue weighted by atomic mass is 19.1. The predicted molar refractivity (Wildman–Crippen MR) is 92.1 cm³/mol. The van der Waals surface area contributed by atoms with Crippen LogP contribution >= 0.6 is 0 Å². The molecule has 1 amide bonds. The van der Waals surface area contributed by atoms with E-state index in [1.54, 1.807) is 17.3 Å². The Bertz CT molecular complexity index is 844. The van der Waals surface area contributed by atoms with Crippen molar-refractivity contribution in [3.63, 3.8) is 0 Å². The van der Waals surface area contributed by atoms with Gasteiger partial charge in [0.05, 0.1) is 11.6 Å². The van der Waals surface area contributed by atoms with E-state index in [0.717, 1.165) is 18.1 Å². The lowest BCUT2D eigenvalue weighted by Gasteiger charge is -2.36. The molecule has 2 aliphatic heterocycles. The van der Waals surface area contributed by atoms with E-state index in [0.29, 0.717) is 24.2 Å². The average Bonchev–Trinajstić information content (AvgIpc) is 3.04. The second-order valence-electron chi connectivity index (χ2n) is 6.99. The second kappa shape index (κ2) is 6.74. The number of hydrazine groups is 1. The minimum atomic E-state index is -0.596. The zero-order valence-electron chi connectivity index (χ0n) is 14.4. The smallest absolute Gasteiger partial charge is 0.255 e. The van der Waals surface area contributed by atoms with Gasteiger partial charge < -0.3 is 4.90 Å². The minimum Gasteiger partial charge on any atom is -0.338 e. The normalized spacial score (nSPS) is 25.2. The summed E-state index contributed by atoms with van der Waals surface area (Å²) in [6, 6.07) is 5.28. The Balaban J connectivity index is 1.56. The van der Waals surface area contributed by atoms with Gasteiger partial charge in [-0.2, -0.15) is 0 Å². The number of aryl methyl sites for hydroxylation is 1. The van der Waals surface area contributed by atoms with Crippen molar-refractivity contribution in [3.05, 3.63) is 65.0 Å². The summed E-state index contributed by atoms with van der Waals surface area (Å²) in [5.41, 5.74) is 8.23. The number of rotatable bonds is 2. The highest BCUT2D eigenvalue weighted by molar-refractivity contribution is 5.94. The number of carbonyl (C=O) groups excluding carboxylic acids is 1. The van der Waals surface area contributed by atoms with Crippen molar-refractivity contribution < 1.29 is 13.6 Å². The number of amides is 1. The third kappa shape index (κ3) is 3.08. The van der Waals surface area contributed by atoms with Gasteiger partial charge in [-0.25, -0.2) is 14.2 Å². The molecule has 5 nitrogen and oxygen atoms in total. The van der Waals surface area contributed by atoms with Gasteiger partial charge in [0.1, 0.15) is 11.6 Å². The minimum absolute atomic E-state index is 0.00503. The lowest BCUT2D eigenvalue weighted by atomic mass is 9.84. The Morgan fingerprint density at radius 1 is 1.23 bits per heavy atom. The molecule has 26 heavy (non-hydrogen) atoms. The van der Waals surface area contributed by atoms with Crippen LogP contribution < -0.4 is 10.9 Å². The highest BCUT2D eigenvalue weighted by Gasteiger charge is 2.42. The molecule has 2 N–H and O–H groups in total. The first-order valence-electron chi connectivity index (χ1n) is 8.70. The zero-order chi connectivity index (χ0) is 18.3. The van der Waals surface area contributed by atoms with Crippen molar-refractivity contribution in [2.45, 2.75) is 25.4 Å². The summed E-state index contributed by atoms with van der Waals surface area (Å²) in [7, 11) is 0. The van der Waals surface area contributed by atoms with E-state index in [4.69, 9.17) is 0 Å². The molecule has 0 spiro atoms. The predicted octanol–water partition coefficient (Wildman–Crippen LogP) is 2.35. The summed E-state index contributed by atoms with van der Waals surface area (Å²) in [6.45, 7) is 3.02. The van der Waals surface area contributed by atoms with Crippen molar-refractivity contribution in [3.8, 4) is 0 Å². The number of fused-ring (bicyclic) bond motifs is 1. The molecular formula is C19H20F2N4O. The van der Waals surface area contributed by atoms with Gasteiger partial charge in [-0.15, -0.1) is 0 Å². The Hall–Kier alpha value is -2.38.